The Morgan fingerprint density at radius 1 is 1.24 bits per heavy atom. The van der Waals surface area contributed by atoms with Gasteiger partial charge in [0.2, 0.25) is 5.91 Å². The van der Waals surface area contributed by atoms with Gasteiger partial charge in [-0.05, 0) is 62.2 Å². The number of hydrogen-bond donors (Lipinski definition) is 1. The minimum absolute atomic E-state index is 0.00121. The number of nitrogens with one attached hydrogen (secondary N) is 1. The molecule has 0 aromatic heterocycles. The molecule has 1 fully saturated rings. The van der Waals surface area contributed by atoms with E-state index in [0.29, 0.717) is 40.9 Å². The number of ether oxygens (including phenoxy) is 3. The van der Waals surface area contributed by atoms with E-state index < -0.39 is 6.04 Å². The third kappa shape index (κ3) is 5.46. The molecule has 2 aromatic carbocycles. The molecule has 8 nitrogen and oxygen atoms in total. The van der Waals surface area contributed by atoms with Gasteiger partial charge in [-0.3, -0.25) is 19.3 Å². The topological polar surface area (TPSA) is 94.2 Å². The number of ketones is 1. The van der Waals surface area contributed by atoms with E-state index >= 15 is 0 Å². The largest absolute Gasteiger partial charge is 0.485 e. The summed E-state index contributed by atoms with van der Waals surface area (Å²) in [7, 11) is 0. The second kappa shape index (κ2) is 10.2. The van der Waals surface area contributed by atoms with Crippen LogP contribution in [0, 0.1) is 0 Å². The fourth-order valence-corrected chi connectivity index (χ4v) is 3.94. The van der Waals surface area contributed by atoms with E-state index in [0.717, 1.165) is 12.8 Å². The Hall–Kier alpha value is -3.10. The van der Waals surface area contributed by atoms with Crippen molar-refractivity contribution in [3.63, 3.8) is 0 Å². The summed E-state index contributed by atoms with van der Waals surface area (Å²) in [6.45, 7) is 2.38. The highest BCUT2D eigenvalue weighted by atomic mass is 35.5. The number of benzene rings is 2. The van der Waals surface area contributed by atoms with E-state index in [-0.39, 0.29) is 36.9 Å². The predicted molar refractivity (Wildman–Crippen MR) is 122 cm³/mol. The zero-order chi connectivity index (χ0) is 23.4. The van der Waals surface area contributed by atoms with Gasteiger partial charge in [0.25, 0.3) is 5.91 Å². The number of Topliss-reactive ketones (excluding diaryl/α,β-unsaturated/α-hetero) is 1. The minimum Gasteiger partial charge on any atom is -0.485 e. The number of anilines is 1. The number of amides is 2. The summed E-state index contributed by atoms with van der Waals surface area (Å²) in [6, 6.07) is 10.7. The first kappa shape index (κ1) is 23.1. The first-order chi connectivity index (χ1) is 15.9. The number of rotatable bonds is 8. The third-order valence-electron chi connectivity index (χ3n) is 5.64. The molecule has 2 aliphatic rings. The molecule has 2 aliphatic heterocycles. The van der Waals surface area contributed by atoms with E-state index in [1.54, 1.807) is 49.4 Å². The summed E-state index contributed by atoms with van der Waals surface area (Å²) in [5, 5.41) is 3.43. The van der Waals surface area contributed by atoms with Crippen molar-refractivity contribution in [3.05, 3.63) is 53.1 Å². The maximum atomic E-state index is 12.8. The number of carbonyl (C=O) groups is 3. The molecule has 174 valence electrons. The summed E-state index contributed by atoms with van der Waals surface area (Å²) in [5.74, 6) is 0.0194. The Morgan fingerprint density at radius 2 is 2.03 bits per heavy atom. The average Bonchev–Trinajstić information content (AvgIpc) is 3.35. The van der Waals surface area contributed by atoms with Gasteiger partial charge in [0.05, 0.1) is 11.8 Å². The summed E-state index contributed by atoms with van der Waals surface area (Å²) in [6.07, 6.45) is 1.88. The molecule has 4 rings (SSSR count). The van der Waals surface area contributed by atoms with Gasteiger partial charge < -0.3 is 19.5 Å². The van der Waals surface area contributed by atoms with E-state index in [9.17, 15) is 14.4 Å². The Kier molecular flexibility index (Phi) is 7.15. The highest BCUT2D eigenvalue weighted by Gasteiger charge is 2.34. The van der Waals surface area contributed by atoms with E-state index in [1.165, 1.54) is 4.90 Å². The van der Waals surface area contributed by atoms with Crippen LogP contribution in [0.4, 0.5) is 5.69 Å². The fourth-order valence-electron chi connectivity index (χ4n) is 3.82. The normalized spacial score (nSPS) is 18.3. The monoisotopic (exact) mass is 472 g/mol. The number of carbonyl (C=O) groups excluding carboxylic acids is 3. The quantitative estimate of drug-likeness (QED) is 0.593. The van der Waals surface area contributed by atoms with Crippen LogP contribution in [0.25, 0.3) is 0 Å². The molecule has 0 aliphatic carbocycles. The first-order valence-electron chi connectivity index (χ1n) is 10.8. The lowest BCUT2D eigenvalue weighted by Crippen LogP contribution is -2.52. The van der Waals surface area contributed by atoms with Gasteiger partial charge in [-0.25, -0.2) is 0 Å². The Morgan fingerprint density at radius 3 is 2.76 bits per heavy atom. The SMILES string of the molecule is C[C@@H](C(=O)NC[C@H]1CCCO1)N1C(=O)COc2ccc(C(=O)COc3ccc(Cl)cc3)cc21. The lowest BCUT2D eigenvalue weighted by molar-refractivity contribution is -0.127. The molecule has 0 radical (unpaired) electrons. The summed E-state index contributed by atoms with van der Waals surface area (Å²) in [4.78, 5) is 39.5. The van der Waals surface area contributed by atoms with Crippen molar-refractivity contribution in [2.45, 2.75) is 31.9 Å². The van der Waals surface area contributed by atoms with Crippen molar-refractivity contribution in [2.24, 2.45) is 0 Å². The molecule has 2 amide bonds. The van der Waals surface area contributed by atoms with Gasteiger partial charge in [-0.2, -0.15) is 0 Å². The molecule has 33 heavy (non-hydrogen) atoms. The van der Waals surface area contributed by atoms with Crippen LogP contribution >= 0.6 is 11.6 Å². The molecule has 1 saturated heterocycles. The molecule has 0 spiro atoms. The van der Waals surface area contributed by atoms with Crippen molar-refractivity contribution < 1.29 is 28.6 Å². The maximum Gasteiger partial charge on any atom is 0.265 e. The Bertz CT molecular complexity index is 1040. The Labute approximate surface area is 196 Å². The van der Waals surface area contributed by atoms with E-state index in [4.69, 9.17) is 25.8 Å². The van der Waals surface area contributed by atoms with Gasteiger partial charge in [-0.1, -0.05) is 11.6 Å². The molecule has 2 aromatic rings. The second-order valence-electron chi connectivity index (χ2n) is 7.96. The summed E-state index contributed by atoms with van der Waals surface area (Å²) in [5.41, 5.74) is 0.723. The summed E-state index contributed by atoms with van der Waals surface area (Å²) >= 11 is 5.86. The maximum absolute atomic E-state index is 12.8. The van der Waals surface area contributed by atoms with Crippen LogP contribution in [0.3, 0.4) is 0 Å². The predicted octanol–water partition coefficient (Wildman–Crippen LogP) is 3.01. The van der Waals surface area contributed by atoms with E-state index in [1.807, 2.05) is 0 Å². The lowest BCUT2D eigenvalue weighted by Gasteiger charge is -2.33. The standard InChI is InChI=1S/C24H25ClN2O6/c1-15(24(30)26-12-19-3-2-10-31-19)27-20-11-16(4-9-22(20)33-14-23(27)29)21(28)13-32-18-7-5-17(25)6-8-18/h4-9,11,15,19H,2-3,10,12-14H2,1H3,(H,26,30)/t15-,19+/m0/s1. The van der Waals surface area contributed by atoms with Crippen LogP contribution in [0.1, 0.15) is 30.1 Å². The van der Waals surface area contributed by atoms with E-state index in [2.05, 4.69) is 5.32 Å². The smallest absolute Gasteiger partial charge is 0.265 e. The van der Waals surface area contributed by atoms with Crippen LogP contribution in [0.2, 0.25) is 5.02 Å². The van der Waals surface area contributed by atoms with Crippen molar-refractivity contribution in [1.82, 2.24) is 5.32 Å². The van der Waals surface area contributed by atoms with Crippen LogP contribution in [0.5, 0.6) is 11.5 Å². The molecule has 2 heterocycles. The first-order valence-corrected chi connectivity index (χ1v) is 11.2. The molecular formula is C24H25ClN2O6. The number of halogens is 1. The van der Waals surface area contributed by atoms with Crippen LogP contribution in [-0.4, -0.2) is 56.1 Å². The van der Waals surface area contributed by atoms with Gasteiger partial charge in [-0.15, -0.1) is 0 Å². The highest BCUT2D eigenvalue weighted by molar-refractivity contribution is 6.30. The number of fused-ring (bicyclic) bond motifs is 1. The van der Waals surface area contributed by atoms with Crippen LogP contribution in [-0.2, 0) is 14.3 Å². The number of nitrogens with zero attached hydrogens (tertiary/aromatic N) is 1. The van der Waals surface area contributed by atoms with Crippen molar-refractivity contribution in [3.8, 4) is 11.5 Å². The van der Waals surface area contributed by atoms with Crippen LogP contribution < -0.4 is 19.7 Å². The molecule has 0 saturated carbocycles. The van der Waals surface area contributed by atoms with Crippen molar-refractivity contribution in [2.75, 3.05) is 31.3 Å². The van der Waals surface area contributed by atoms with Gasteiger partial charge in [0, 0.05) is 23.7 Å². The van der Waals surface area contributed by atoms with Crippen molar-refractivity contribution >= 4 is 34.9 Å². The Balaban J connectivity index is 1.46. The molecule has 9 heteroatoms. The molecular weight excluding hydrogens is 448 g/mol. The lowest BCUT2D eigenvalue weighted by atomic mass is 10.1. The van der Waals surface area contributed by atoms with Gasteiger partial charge in [0.15, 0.2) is 19.0 Å². The highest BCUT2D eigenvalue weighted by Crippen LogP contribution is 2.34. The number of hydrogen-bond acceptors (Lipinski definition) is 6. The average molecular weight is 473 g/mol. The van der Waals surface area contributed by atoms with Gasteiger partial charge in [0.1, 0.15) is 17.5 Å². The third-order valence-corrected chi connectivity index (χ3v) is 5.89. The summed E-state index contributed by atoms with van der Waals surface area (Å²) < 4.78 is 16.6. The molecule has 0 bridgehead atoms. The molecule has 2 atom stereocenters. The minimum atomic E-state index is -0.780. The zero-order valence-electron chi connectivity index (χ0n) is 18.2. The van der Waals surface area contributed by atoms with Crippen LogP contribution in [0.15, 0.2) is 42.5 Å². The van der Waals surface area contributed by atoms with Gasteiger partial charge >= 0.3 is 0 Å². The second-order valence-corrected chi connectivity index (χ2v) is 8.39. The molecule has 0 unspecified atom stereocenters. The molecule has 1 N–H and O–H groups in total. The fraction of sp³-hybridized carbons (Fsp3) is 0.375. The zero-order valence-corrected chi connectivity index (χ0v) is 19.0. The van der Waals surface area contributed by atoms with Crippen molar-refractivity contribution in [1.29, 1.82) is 0 Å².